The fraction of sp³-hybridized carbons (Fsp3) is 0.857. The molecule has 1 aliphatic rings. The van der Waals surface area contributed by atoms with Crippen molar-refractivity contribution in [3.63, 3.8) is 0 Å². The molecule has 0 aromatic heterocycles. The van der Waals surface area contributed by atoms with Gasteiger partial charge < -0.3 is 10.4 Å². The molecule has 0 bridgehead atoms. The molecule has 0 aromatic rings. The number of carbonyl (C=O) groups excluding carboxylic acids is 1. The third-order valence-corrected chi connectivity index (χ3v) is 3.84. The molecule has 4 nitrogen and oxygen atoms in total. The average molecular weight is 309 g/mol. The summed E-state index contributed by atoms with van der Waals surface area (Å²) in [4.78, 5) is 23.2. The predicted molar refractivity (Wildman–Crippen MR) is 70.5 cm³/mol. The van der Waals surface area contributed by atoms with E-state index in [0.29, 0.717) is 12.8 Å². The van der Waals surface area contributed by atoms with Gasteiger partial charge in [0.2, 0.25) is 5.91 Å². The summed E-state index contributed by atoms with van der Waals surface area (Å²) in [6.45, 7) is 3.59. The van der Waals surface area contributed by atoms with Crippen LogP contribution in [0.4, 0.5) is 13.2 Å². The van der Waals surface area contributed by atoms with Crippen LogP contribution in [0, 0.1) is 17.8 Å². The number of carboxylic acid groups (broad SMARTS) is 1. The van der Waals surface area contributed by atoms with E-state index in [1.165, 1.54) is 0 Å². The first-order chi connectivity index (χ1) is 9.62. The van der Waals surface area contributed by atoms with Crippen molar-refractivity contribution in [2.45, 2.75) is 58.2 Å². The number of hydrogen-bond donors (Lipinski definition) is 2. The molecule has 1 rings (SSSR count). The van der Waals surface area contributed by atoms with E-state index >= 15 is 0 Å². The number of hydrogen-bond acceptors (Lipinski definition) is 2. The van der Waals surface area contributed by atoms with Crippen LogP contribution in [0.15, 0.2) is 0 Å². The molecule has 0 aliphatic heterocycles. The molecular formula is C14H22F3NO3. The Kier molecular flexibility index (Phi) is 6.04. The van der Waals surface area contributed by atoms with E-state index in [2.05, 4.69) is 5.32 Å². The monoisotopic (exact) mass is 309 g/mol. The zero-order valence-electron chi connectivity index (χ0n) is 12.2. The van der Waals surface area contributed by atoms with Gasteiger partial charge in [-0.1, -0.05) is 26.7 Å². The Morgan fingerprint density at radius 2 is 1.81 bits per heavy atom. The lowest BCUT2D eigenvalue weighted by Crippen LogP contribution is -2.48. The summed E-state index contributed by atoms with van der Waals surface area (Å²) in [5.74, 6) is -4.81. The van der Waals surface area contributed by atoms with Gasteiger partial charge in [0.1, 0.15) is 6.04 Å². The average Bonchev–Trinajstić information content (AvgIpc) is 2.36. The number of carboxylic acids is 1. The number of alkyl halides is 3. The lowest BCUT2D eigenvalue weighted by Gasteiger charge is -2.32. The largest absolute Gasteiger partial charge is 0.480 e. The van der Waals surface area contributed by atoms with Gasteiger partial charge in [-0.15, -0.1) is 0 Å². The Bertz CT molecular complexity index is 382. The van der Waals surface area contributed by atoms with Crippen molar-refractivity contribution in [3.05, 3.63) is 0 Å². The molecule has 0 radical (unpaired) electrons. The summed E-state index contributed by atoms with van der Waals surface area (Å²) in [6.07, 6.45) is -3.12. The first-order valence-corrected chi connectivity index (χ1v) is 7.22. The molecule has 1 amide bonds. The molecule has 0 aromatic carbocycles. The molecule has 3 atom stereocenters. The minimum atomic E-state index is -4.42. The molecular weight excluding hydrogens is 287 g/mol. The summed E-state index contributed by atoms with van der Waals surface area (Å²) < 4.78 is 38.9. The third-order valence-electron chi connectivity index (χ3n) is 3.84. The van der Waals surface area contributed by atoms with Gasteiger partial charge in [-0.25, -0.2) is 4.79 Å². The molecule has 7 heteroatoms. The van der Waals surface area contributed by atoms with E-state index in [1.54, 1.807) is 13.8 Å². The van der Waals surface area contributed by atoms with E-state index in [1.807, 2.05) is 0 Å². The Morgan fingerprint density at radius 3 is 2.29 bits per heavy atom. The topological polar surface area (TPSA) is 66.4 Å². The standard InChI is InChI=1S/C14H22F3NO3/c1-8(2)7-11(13(20)21)18-12(19)9-5-3-4-6-10(9)14(15,16)17/h8-11H,3-7H2,1-2H3,(H,18,19)(H,20,21)/t9?,10?,11-/m1/s1. The van der Waals surface area contributed by atoms with Crippen molar-refractivity contribution >= 4 is 11.9 Å². The normalized spacial score (nSPS) is 24.7. The van der Waals surface area contributed by atoms with Crippen LogP contribution in [0.25, 0.3) is 0 Å². The second-order valence-corrected chi connectivity index (χ2v) is 6.07. The maximum atomic E-state index is 13.0. The zero-order valence-corrected chi connectivity index (χ0v) is 12.2. The molecule has 2 N–H and O–H groups in total. The lowest BCUT2D eigenvalue weighted by molar-refractivity contribution is -0.198. The van der Waals surface area contributed by atoms with Crippen LogP contribution in [0.2, 0.25) is 0 Å². The Hall–Kier alpha value is -1.27. The van der Waals surface area contributed by atoms with Crippen molar-refractivity contribution < 1.29 is 27.9 Å². The van der Waals surface area contributed by atoms with Crippen LogP contribution in [-0.2, 0) is 9.59 Å². The number of nitrogens with one attached hydrogen (secondary N) is 1. The number of aliphatic carboxylic acids is 1. The molecule has 0 heterocycles. The summed E-state index contributed by atoms with van der Waals surface area (Å²) in [5, 5.41) is 11.3. The van der Waals surface area contributed by atoms with Crippen LogP contribution in [0.5, 0.6) is 0 Å². The van der Waals surface area contributed by atoms with E-state index in [0.717, 1.165) is 0 Å². The maximum absolute atomic E-state index is 13.0. The Labute approximate surface area is 122 Å². The van der Waals surface area contributed by atoms with Crippen LogP contribution in [0.3, 0.4) is 0 Å². The van der Waals surface area contributed by atoms with Gasteiger partial charge in [-0.3, -0.25) is 4.79 Å². The fourth-order valence-corrected chi connectivity index (χ4v) is 2.81. The van der Waals surface area contributed by atoms with Crippen LogP contribution < -0.4 is 5.32 Å². The van der Waals surface area contributed by atoms with Gasteiger partial charge in [0, 0.05) is 5.92 Å². The minimum Gasteiger partial charge on any atom is -0.480 e. The van der Waals surface area contributed by atoms with Gasteiger partial charge in [-0.05, 0) is 25.2 Å². The number of rotatable bonds is 5. The summed E-state index contributed by atoms with van der Waals surface area (Å²) in [5.41, 5.74) is 0. The molecule has 1 fully saturated rings. The second kappa shape index (κ2) is 7.13. The maximum Gasteiger partial charge on any atom is 0.392 e. The van der Waals surface area contributed by atoms with Gasteiger partial charge in [0.25, 0.3) is 0 Å². The SMILES string of the molecule is CC(C)C[C@@H](NC(=O)C1CCCCC1C(F)(F)F)C(=O)O. The molecule has 1 saturated carbocycles. The third kappa shape index (κ3) is 5.21. The van der Waals surface area contributed by atoms with E-state index < -0.39 is 35.9 Å². The summed E-state index contributed by atoms with van der Waals surface area (Å²) in [7, 11) is 0. The highest BCUT2D eigenvalue weighted by Crippen LogP contribution is 2.41. The van der Waals surface area contributed by atoms with Crippen molar-refractivity contribution in [2.75, 3.05) is 0 Å². The number of carbonyl (C=O) groups is 2. The number of amides is 1. The quantitative estimate of drug-likeness (QED) is 0.820. The van der Waals surface area contributed by atoms with Crippen molar-refractivity contribution in [2.24, 2.45) is 17.8 Å². The van der Waals surface area contributed by atoms with Crippen LogP contribution >= 0.6 is 0 Å². The van der Waals surface area contributed by atoms with E-state index in [4.69, 9.17) is 5.11 Å². The highest BCUT2D eigenvalue weighted by atomic mass is 19.4. The molecule has 1 aliphatic carbocycles. The Morgan fingerprint density at radius 1 is 1.24 bits per heavy atom. The van der Waals surface area contributed by atoms with Crippen molar-refractivity contribution in [1.82, 2.24) is 5.32 Å². The highest BCUT2D eigenvalue weighted by Gasteiger charge is 2.48. The first-order valence-electron chi connectivity index (χ1n) is 7.22. The first kappa shape index (κ1) is 17.8. The minimum absolute atomic E-state index is 0.0242. The molecule has 21 heavy (non-hydrogen) atoms. The summed E-state index contributed by atoms with van der Waals surface area (Å²) >= 11 is 0. The zero-order chi connectivity index (χ0) is 16.2. The lowest BCUT2D eigenvalue weighted by atomic mass is 9.78. The van der Waals surface area contributed by atoms with Crippen LogP contribution in [0.1, 0.15) is 46.0 Å². The molecule has 122 valence electrons. The molecule has 0 saturated heterocycles. The Balaban J connectivity index is 2.77. The van der Waals surface area contributed by atoms with Gasteiger partial charge in [0.05, 0.1) is 5.92 Å². The van der Waals surface area contributed by atoms with Crippen LogP contribution in [-0.4, -0.2) is 29.2 Å². The highest BCUT2D eigenvalue weighted by molar-refractivity contribution is 5.85. The van der Waals surface area contributed by atoms with Gasteiger partial charge in [-0.2, -0.15) is 13.2 Å². The number of halogens is 3. The fourth-order valence-electron chi connectivity index (χ4n) is 2.81. The predicted octanol–water partition coefficient (Wildman–Crippen LogP) is 2.97. The van der Waals surface area contributed by atoms with E-state index in [-0.39, 0.29) is 25.2 Å². The summed E-state index contributed by atoms with van der Waals surface area (Å²) in [6, 6.07) is -1.13. The van der Waals surface area contributed by atoms with Gasteiger partial charge in [0.15, 0.2) is 0 Å². The van der Waals surface area contributed by atoms with Gasteiger partial charge >= 0.3 is 12.1 Å². The van der Waals surface area contributed by atoms with Crippen molar-refractivity contribution in [1.29, 1.82) is 0 Å². The molecule has 0 spiro atoms. The second-order valence-electron chi connectivity index (χ2n) is 6.07. The molecule has 2 unspecified atom stereocenters. The smallest absolute Gasteiger partial charge is 0.392 e. The van der Waals surface area contributed by atoms with E-state index in [9.17, 15) is 22.8 Å². The van der Waals surface area contributed by atoms with Crippen molar-refractivity contribution in [3.8, 4) is 0 Å².